The highest BCUT2D eigenvalue weighted by Gasteiger charge is 2.12. The Kier molecular flexibility index (Phi) is 10.4. The van der Waals surface area contributed by atoms with Crippen molar-refractivity contribution in [2.24, 2.45) is 5.92 Å². The third kappa shape index (κ3) is 5.34. The maximum Gasteiger partial charge on any atom is 0.135 e. The first-order chi connectivity index (χ1) is 5.26. The van der Waals surface area contributed by atoms with Gasteiger partial charge in [0.1, 0.15) is 5.78 Å². The zero-order valence-electron chi connectivity index (χ0n) is 8.02. The Bertz CT molecular complexity index is 104. The van der Waals surface area contributed by atoms with Gasteiger partial charge in [-0.2, -0.15) is 0 Å². The summed E-state index contributed by atoms with van der Waals surface area (Å²) in [6.45, 7) is 6.32. The van der Waals surface area contributed by atoms with Crippen molar-refractivity contribution in [2.75, 3.05) is 0 Å². The van der Waals surface area contributed by atoms with Gasteiger partial charge in [-0.05, 0) is 19.3 Å². The van der Waals surface area contributed by atoms with Crippen LogP contribution in [0.3, 0.4) is 0 Å². The van der Waals surface area contributed by atoms with Crippen LogP contribution >= 0.6 is 0 Å². The van der Waals surface area contributed by atoms with Gasteiger partial charge in [0.05, 0.1) is 0 Å². The van der Waals surface area contributed by atoms with Crippen molar-refractivity contribution in [3.8, 4) is 0 Å². The lowest BCUT2D eigenvalue weighted by molar-refractivity contribution is -0.123. The van der Waals surface area contributed by atoms with Gasteiger partial charge in [-0.1, -0.05) is 34.6 Å². The summed E-state index contributed by atoms with van der Waals surface area (Å²) in [4.78, 5) is 11.4. The van der Waals surface area contributed by atoms with Crippen molar-refractivity contribution >= 4 is 5.78 Å². The lowest BCUT2D eigenvalue weighted by Gasteiger charge is -2.09. The van der Waals surface area contributed by atoms with Gasteiger partial charge in [0.15, 0.2) is 0 Å². The second kappa shape index (κ2) is 8.76. The Labute approximate surface area is 77.6 Å². The highest BCUT2D eigenvalue weighted by atomic mass is 16.1. The molecule has 74 valence electrons. The molecule has 0 heterocycles. The average Bonchev–Trinajstić information content (AvgIpc) is 2.03. The normalized spacial score (nSPS) is 9.67. The first-order valence-corrected chi connectivity index (χ1v) is 4.78. The number of carbonyl (C=O) groups is 1. The van der Waals surface area contributed by atoms with Crippen LogP contribution < -0.4 is 0 Å². The number of carbonyl (C=O) groups excluding carboxylic acids is 1. The number of hydrogen-bond acceptors (Lipinski definition) is 1. The molecule has 0 aromatic rings. The second-order valence-corrected chi connectivity index (χ2v) is 3.08. The van der Waals surface area contributed by atoms with E-state index in [4.69, 9.17) is 0 Å². The molecule has 0 unspecified atom stereocenters. The molecule has 0 aromatic heterocycles. The molecule has 0 radical (unpaired) electrons. The molecule has 12 heavy (non-hydrogen) atoms. The molecule has 0 bridgehead atoms. The SMILES string of the molecule is C.CCCCC(=O)C(CC)CC. The minimum Gasteiger partial charge on any atom is -0.299 e. The fraction of sp³-hybridized carbons (Fsp3) is 0.909. The fourth-order valence-electron chi connectivity index (χ4n) is 1.30. The van der Waals surface area contributed by atoms with E-state index in [1.807, 2.05) is 0 Å². The van der Waals surface area contributed by atoms with Crippen molar-refractivity contribution in [2.45, 2.75) is 60.3 Å². The molecule has 0 fully saturated rings. The standard InChI is InChI=1S/C10H20O.CH4/c1-4-7-8-10(11)9(5-2)6-3;/h9H,4-8H2,1-3H3;1H4. The highest BCUT2D eigenvalue weighted by molar-refractivity contribution is 5.80. The summed E-state index contributed by atoms with van der Waals surface area (Å²) >= 11 is 0. The van der Waals surface area contributed by atoms with Crippen LogP contribution in [0.2, 0.25) is 0 Å². The van der Waals surface area contributed by atoms with Gasteiger partial charge in [0, 0.05) is 12.3 Å². The average molecular weight is 172 g/mol. The quantitative estimate of drug-likeness (QED) is 0.595. The van der Waals surface area contributed by atoms with Crippen molar-refractivity contribution < 1.29 is 4.79 Å². The predicted molar refractivity (Wildman–Crippen MR) is 55.3 cm³/mol. The largest absolute Gasteiger partial charge is 0.299 e. The lowest BCUT2D eigenvalue weighted by Crippen LogP contribution is -2.11. The molecule has 0 N–H and O–H groups in total. The number of rotatable bonds is 6. The minimum atomic E-state index is 0. The first kappa shape index (κ1) is 14.2. The van der Waals surface area contributed by atoms with Crippen LogP contribution in [-0.2, 0) is 4.79 Å². The molecule has 0 saturated carbocycles. The van der Waals surface area contributed by atoms with Crippen molar-refractivity contribution in [3.05, 3.63) is 0 Å². The van der Waals surface area contributed by atoms with Crippen LogP contribution in [0.15, 0.2) is 0 Å². The molecule has 0 aliphatic heterocycles. The Morgan fingerprint density at radius 3 is 2.00 bits per heavy atom. The van der Waals surface area contributed by atoms with Gasteiger partial charge in [-0.15, -0.1) is 0 Å². The van der Waals surface area contributed by atoms with Crippen LogP contribution in [0.5, 0.6) is 0 Å². The summed E-state index contributed by atoms with van der Waals surface area (Å²) in [6.07, 6.45) is 5.02. The van der Waals surface area contributed by atoms with Crippen molar-refractivity contribution in [1.29, 1.82) is 0 Å². The Morgan fingerprint density at radius 2 is 1.67 bits per heavy atom. The van der Waals surface area contributed by atoms with Crippen molar-refractivity contribution in [3.63, 3.8) is 0 Å². The summed E-state index contributed by atoms with van der Waals surface area (Å²) in [5.41, 5.74) is 0. The molecule has 0 aromatic carbocycles. The third-order valence-corrected chi connectivity index (χ3v) is 2.22. The topological polar surface area (TPSA) is 17.1 Å². The molecule has 1 heteroatoms. The van der Waals surface area contributed by atoms with Gasteiger partial charge in [-0.3, -0.25) is 4.79 Å². The molecule has 0 rings (SSSR count). The monoisotopic (exact) mass is 172 g/mol. The van der Waals surface area contributed by atoms with E-state index in [1.165, 1.54) is 0 Å². The number of ketones is 1. The van der Waals surface area contributed by atoms with Gasteiger partial charge >= 0.3 is 0 Å². The van der Waals surface area contributed by atoms with Crippen LogP contribution in [-0.4, -0.2) is 5.78 Å². The molecular weight excluding hydrogens is 148 g/mol. The maximum atomic E-state index is 11.4. The van der Waals surface area contributed by atoms with Crippen molar-refractivity contribution in [1.82, 2.24) is 0 Å². The van der Waals surface area contributed by atoms with Gasteiger partial charge in [-0.25, -0.2) is 0 Å². The third-order valence-electron chi connectivity index (χ3n) is 2.22. The smallest absolute Gasteiger partial charge is 0.135 e. The summed E-state index contributed by atoms with van der Waals surface area (Å²) in [5, 5.41) is 0. The molecular formula is C11H24O. The van der Waals surface area contributed by atoms with Gasteiger partial charge in [0.25, 0.3) is 0 Å². The molecule has 0 atom stereocenters. The van der Waals surface area contributed by atoms with Gasteiger partial charge < -0.3 is 0 Å². The number of Topliss-reactive ketones (excluding diaryl/α,β-unsaturated/α-hetero) is 1. The lowest BCUT2D eigenvalue weighted by atomic mass is 9.95. The first-order valence-electron chi connectivity index (χ1n) is 4.78. The van der Waals surface area contributed by atoms with Gasteiger partial charge in [0.2, 0.25) is 0 Å². The maximum absolute atomic E-state index is 11.4. The second-order valence-electron chi connectivity index (χ2n) is 3.08. The van der Waals surface area contributed by atoms with E-state index in [-0.39, 0.29) is 7.43 Å². The van der Waals surface area contributed by atoms with Crippen LogP contribution in [0.25, 0.3) is 0 Å². The molecule has 1 nitrogen and oxygen atoms in total. The number of hydrogen-bond donors (Lipinski definition) is 0. The summed E-state index contributed by atoms with van der Waals surface area (Å²) < 4.78 is 0. The minimum absolute atomic E-state index is 0. The van der Waals surface area contributed by atoms with E-state index in [9.17, 15) is 4.79 Å². The molecule has 0 aliphatic rings. The summed E-state index contributed by atoms with van der Waals surface area (Å²) in [5.74, 6) is 0.804. The molecule has 0 aliphatic carbocycles. The number of unbranched alkanes of at least 4 members (excludes halogenated alkanes) is 1. The van der Waals surface area contributed by atoms with E-state index >= 15 is 0 Å². The van der Waals surface area contributed by atoms with E-state index in [0.29, 0.717) is 11.7 Å². The Balaban J connectivity index is 0. The van der Waals surface area contributed by atoms with Crippen LogP contribution in [0, 0.1) is 5.92 Å². The predicted octanol–water partition coefficient (Wildman–Crippen LogP) is 3.82. The Morgan fingerprint density at radius 1 is 1.17 bits per heavy atom. The zero-order chi connectivity index (χ0) is 8.69. The van der Waals surface area contributed by atoms with E-state index in [0.717, 1.165) is 32.1 Å². The molecule has 0 amide bonds. The summed E-state index contributed by atoms with van der Waals surface area (Å²) in [7, 11) is 0. The van der Waals surface area contributed by atoms with E-state index < -0.39 is 0 Å². The Hall–Kier alpha value is -0.330. The zero-order valence-corrected chi connectivity index (χ0v) is 8.02. The molecule has 0 spiro atoms. The highest BCUT2D eigenvalue weighted by Crippen LogP contribution is 2.12. The van der Waals surface area contributed by atoms with Crippen LogP contribution in [0.4, 0.5) is 0 Å². The van der Waals surface area contributed by atoms with Crippen LogP contribution in [0.1, 0.15) is 60.3 Å². The summed E-state index contributed by atoms with van der Waals surface area (Å²) in [6, 6.07) is 0. The molecule has 0 saturated heterocycles. The van der Waals surface area contributed by atoms with E-state index in [2.05, 4.69) is 20.8 Å². The van der Waals surface area contributed by atoms with E-state index in [1.54, 1.807) is 0 Å². The fourth-order valence-corrected chi connectivity index (χ4v) is 1.30.